The van der Waals surface area contributed by atoms with Crippen LogP contribution in [0.4, 0.5) is 11.4 Å². The van der Waals surface area contributed by atoms with Gasteiger partial charge in [0, 0.05) is 23.7 Å². The van der Waals surface area contributed by atoms with Gasteiger partial charge in [0.05, 0.1) is 23.7 Å². The molecular weight excluding hydrogens is 477 g/mol. The maximum absolute atomic E-state index is 12.6. The number of nitrogens with one attached hydrogen (secondary N) is 2. The third kappa shape index (κ3) is 5.73. The van der Waals surface area contributed by atoms with Crippen LogP contribution in [0.25, 0.3) is 0 Å². The molecule has 0 radical (unpaired) electrons. The van der Waals surface area contributed by atoms with Crippen LogP contribution >= 0.6 is 23.2 Å². The highest BCUT2D eigenvalue weighted by molar-refractivity contribution is 6.32. The van der Waals surface area contributed by atoms with Crippen molar-refractivity contribution in [2.75, 3.05) is 24.0 Å². The lowest BCUT2D eigenvalue weighted by Crippen LogP contribution is -2.36. The summed E-state index contributed by atoms with van der Waals surface area (Å²) in [7, 11) is 1.58. The van der Waals surface area contributed by atoms with Crippen LogP contribution in [0.15, 0.2) is 66.7 Å². The van der Waals surface area contributed by atoms with Crippen LogP contribution in [-0.2, 0) is 16.2 Å². The van der Waals surface area contributed by atoms with E-state index in [1.165, 1.54) is 0 Å². The summed E-state index contributed by atoms with van der Waals surface area (Å²) in [6.45, 7) is 0.651. The summed E-state index contributed by atoms with van der Waals surface area (Å²) < 4.78 is 10.9. The molecule has 2 amide bonds. The van der Waals surface area contributed by atoms with Crippen LogP contribution in [0.5, 0.6) is 11.5 Å². The fourth-order valence-electron chi connectivity index (χ4n) is 3.57. The molecular formula is C25H23Cl2N3O4. The number of carbonyl (C=O) groups excluding carboxylic acids is 2. The third-order valence-corrected chi connectivity index (χ3v) is 6.00. The monoisotopic (exact) mass is 499 g/mol. The van der Waals surface area contributed by atoms with E-state index in [2.05, 4.69) is 10.9 Å². The Bertz CT molecular complexity index is 1170. The van der Waals surface area contributed by atoms with Crippen molar-refractivity contribution >= 4 is 46.4 Å². The van der Waals surface area contributed by atoms with Gasteiger partial charge in [0.25, 0.3) is 0 Å². The number of methoxy groups -OCH3 is 1. The Morgan fingerprint density at radius 2 is 1.79 bits per heavy atom. The van der Waals surface area contributed by atoms with Crippen molar-refractivity contribution in [3.05, 3.63) is 82.3 Å². The minimum Gasteiger partial charge on any atom is -0.497 e. The molecule has 3 aromatic rings. The SMILES string of the molecule is COc1ccc(N2C[C@H](C(=O)NNc3ccc(OCc4ccc(Cl)cc4)c(Cl)c3)CC2=O)cc1. The largest absolute Gasteiger partial charge is 0.497 e. The van der Waals surface area contributed by atoms with Crippen molar-refractivity contribution in [1.82, 2.24) is 5.43 Å². The average Bonchev–Trinajstić information content (AvgIpc) is 3.24. The van der Waals surface area contributed by atoms with Crippen LogP contribution in [0.3, 0.4) is 0 Å². The molecule has 0 unspecified atom stereocenters. The number of hydrazine groups is 1. The minimum atomic E-state index is -0.473. The van der Waals surface area contributed by atoms with Gasteiger partial charge in [-0.1, -0.05) is 35.3 Å². The molecule has 0 aromatic heterocycles. The number of halogens is 2. The molecule has 9 heteroatoms. The Hall–Kier alpha value is -3.42. The first kappa shape index (κ1) is 23.7. The lowest BCUT2D eigenvalue weighted by molar-refractivity contribution is -0.125. The van der Waals surface area contributed by atoms with E-state index in [4.69, 9.17) is 32.7 Å². The van der Waals surface area contributed by atoms with Gasteiger partial charge in [-0.2, -0.15) is 0 Å². The molecule has 0 aliphatic carbocycles. The highest BCUT2D eigenvalue weighted by Crippen LogP contribution is 2.29. The standard InChI is InChI=1S/C25H23Cl2N3O4/c1-33-21-9-7-20(8-10-21)30-14-17(12-24(30)31)25(32)29-28-19-6-11-23(22(27)13-19)34-15-16-2-4-18(26)5-3-16/h2-11,13,17,28H,12,14-15H2,1H3,(H,29,32)/t17-/m1/s1. The van der Waals surface area contributed by atoms with Gasteiger partial charge in [-0.25, -0.2) is 0 Å². The number of hydrogen-bond acceptors (Lipinski definition) is 5. The first-order chi connectivity index (χ1) is 16.4. The number of anilines is 2. The Morgan fingerprint density at radius 3 is 2.47 bits per heavy atom. The first-order valence-electron chi connectivity index (χ1n) is 10.6. The minimum absolute atomic E-state index is 0.101. The zero-order chi connectivity index (χ0) is 24.1. The van der Waals surface area contributed by atoms with E-state index >= 15 is 0 Å². The fraction of sp³-hybridized carbons (Fsp3) is 0.200. The molecule has 1 fully saturated rings. The molecule has 0 saturated carbocycles. The molecule has 1 aliphatic heterocycles. The second-order valence-corrected chi connectivity index (χ2v) is 8.62. The zero-order valence-corrected chi connectivity index (χ0v) is 19.9. The Morgan fingerprint density at radius 1 is 1.06 bits per heavy atom. The van der Waals surface area contributed by atoms with E-state index in [1.807, 2.05) is 12.1 Å². The van der Waals surface area contributed by atoms with E-state index in [9.17, 15) is 9.59 Å². The molecule has 34 heavy (non-hydrogen) atoms. The Labute approximate surface area is 207 Å². The molecule has 1 aliphatic rings. The lowest BCUT2D eigenvalue weighted by Gasteiger charge is -2.17. The number of amides is 2. The zero-order valence-electron chi connectivity index (χ0n) is 18.4. The highest BCUT2D eigenvalue weighted by Gasteiger charge is 2.35. The number of nitrogens with zero attached hydrogens (tertiary/aromatic N) is 1. The van der Waals surface area contributed by atoms with Crippen LogP contribution in [0, 0.1) is 5.92 Å². The number of benzene rings is 3. The van der Waals surface area contributed by atoms with Gasteiger partial charge in [0.2, 0.25) is 11.8 Å². The van der Waals surface area contributed by atoms with Crippen LogP contribution in [0.1, 0.15) is 12.0 Å². The van der Waals surface area contributed by atoms with E-state index < -0.39 is 5.92 Å². The normalized spacial score (nSPS) is 15.2. The van der Waals surface area contributed by atoms with E-state index in [0.717, 1.165) is 11.3 Å². The highest BCUT2D eigenvalue weighted by atomic mass is 35.5. The van der Waals surface area contributed by atoms with E-state index in [0.29, 0.717) is 40.4 Å². The van der Waals surface area contributed by atoms with Gasteiger partial charge in [-0.3, -0.25) is 20.4 Å². The van der Waals surface area contributed by atoms with E-state index in [-0.39, 0.29) is 18.2 Å². The van der Waals surface area contributed by atoms with Crippen LogP contribution < -0.4 is 25.2 Å². The van der Waals surface area contributed by atoms with Crippen molar-refractivity contribution in [1.29, 1.82) is 0 Å². The van der Waals surface area contributed by atoms with Crippen LogP contribution in [-0.4, -0.2) is 25.5 Å². The number of rotatable bonds is 8. The number of ether oxygens (including phenoxy) is 2. The van der Waals surface area contributed by atoms with Crippen molar-refractivity contribution in [3.8, 4) is 11.5 Å². The molecule has 1 atom stereocenters. The molecule has 7 nitrogen and oxygen atoms in total. The van der Waals surface area contributed by atoms with Gasteiger partial charge in [-0.05, 0) is 60.2 Å². The summed E-state index contributed by atoms with van der Waals surface area (Å²) in [5.74, 6) is 0.373. The van der Waals surface area contributed by atoms with Crippen molar-refractivity contribution < 1.29 is 19.1 Å². The maximum Gasteiger partial charge on any atom is 0.243 e. The maximum atomic E-state index is 12.6. The van der Waals surface area contributed by atoms with Gasteiger partial charge < -0.3 is 14.4 Å². The quantitative estimate of drug-likeness (QED) is 0.422. The van der Waals surface area contributed by atoms with Crippen molar-refractivity contribution in [2.24, 2.45) is 5.92 Å². The topological polar surface area (TPSA) is 79.9 Å². The average molecular weight is 500 g/mol. The summed E-state index contributed by atoms with van der Waals surface area (Å²) in [5, 5.41) is 1.06. The van der Waals surface area contributed by atoms with E-state index in [1.54, 1.807) is 66.6 Å². The molecule has 0 bridgehead atoms. The van der Waals surface area contributed by atoms with Gasteiger partial charge in [-0.15, -0.1) is 0 Å². The second kappa shape index (κ2) is 10.7. The van der Waals surface area contributed by atoms with Gasteiger partial charge >= 0.3 is 0 Å². The summed E-state index contributed by atoms with van der Waals surface area (Å²) in [4.78, 5) is 26.7. The summed E-state index contributed by atoms with van der Waals surface area (Å²) in [5.41, 5.74) is 7.80. The predicted octanol–water partition coefficient (Wildman–Crippen LogP) is 5.08. The molecule has 0 spiro atoms. The Kier molecular flexibility index (Phi) is 7.45. The lowest BCUT2D eigenvalue weighted by atomic mass is 10.1. The van der Waals surface area contributed by atoms with Crippen LogP contribution in [0.2, 0.25) is 10.0 Å². The Balaban J connectivity index is 1.29. The molecule has 1 heterocycles. The summed E-state index contributed by atoms with van der Waals surface area (Å²) >= 11 is 12.2. The summed E-state index contributed by atoms with van der Waals surface area (Å²) in [6.07, 6.45) is 0.137. The predicted molar refractivity (Wildman–Crippen MR) is 132 cm³/mol. The molecule has 3 aromatic carbocycles. The van der Waals surface area contributed by atoms with Crippen molar-refractivity contribution in [3.63, 3.8) is 0 Å². The third-order valence-electron chi connectivity index (χ3n) is 5.45. The first-order valence-corrected chi connectivity index (χ1v) is 11.4. The molecule has 176 valence electrons. The fourth-order valence-corrected chi connectivity index (χ4v) is 3.93. The smallest absolute Gasteiger partial charge is 0.243 e. The summed E-state index contributed by atoms with van der Waals surface area (Å²) in [6, 6.07) is 19.6. The molecule has 4 rings (SSSR count). The molecule has 2 N–H and O–H groups in total. The number of carbonyl (C=O) groups is 2. The van der Waals surface area contributed by atoms with Gasteiger partial charge in [0.15, 0.2) is 0 Å². The second-order valence-electron chi connectivity index (χ2n) is 7.78. The van der Waals surface area contributed by atoms with Crippen molar-refractivity contribution in [2.45, 2.75) is 13.0 Å². The molecule has 1 saturated heterocycles. The van der Waals surface area contributed by atoms with Gasteiger partial charge in [0.1, 0.15) is 18.1 Å². The number of hydrogen-bond donors (Lipinski definition) is 2.